The molecule has 2 heterocycles. The molecule has 1 aromatic carbocycles. The number of hydrogen-bond donors (Lipinski definition) is 1. The van der Waals surface area contributed by atoms with Gasteiger partial charge in [-0.3, -0.25) is 4.98 Å². The van der Waals surface area contributed by atoms with Crippen LogP contribution in [-0.4, -0.2) is 30.5 Å². The molecular weight excluding hydrogens is 276 g/mol. The van der Waals surface area contributed by atoms with E-state index in [-0.39, 0.29) is 6.04 Å². The van der Waals surface area contributed by atoms with E-state index in [0.29, 0.717) is 13.2 Å². The van der Waals surface area contributed by atoms with E-state index < -0.39 is 5.79 Å². The Morgan fingerprint density at radius 2 is 1.82 bits per heavy atom. The highest BCUT2D eigenvalue weighted by Gasteiger charge is 2.30. The van der Waals surface area contributed by atoms with Crippen LogP contribution in [0.5, 0.6) is 0 Å². The van der Waals surface area contributed by atoms with Crippen LogP contribution >= 0.6 is 0 Å². The maximum atomic E-state index is 5.66. The van der Waals surface area contributed by atoms with Gasteiger partial charge >= 0.3 is 0 Å². The first kappa shape index (κ1) is 15.2. The number of benzene rings is 1. The van der Waals surface area contributed by atoms with Crippen LogP contribution in [-0.2, 0) is 9.47 Å². The number of rotatable bonds is 6. The minimum Gasteiger partial charge on any atom is -0.348 e. The van der Waals surface area contributed by atoms with E-state index in [1.54, 1.807) is 0 Å². The third-order valence-electron chi connectivity index (χ3n) is 3.94. The molecule has 2 aromatic rings. The number of nitrogens with zero attached hydrogens (tertiary/aromatic N) is 1. The Labute approximate surface area is 131 Å². The predicted octanol–water partition coefficient (Wildman–Crippen LogP) is 2.91. The van der Waals surface area contributed by atoms with Crippen molar-refractivity contribution in [2.45, 2.75) is 25.2 Å². The van der Waals surface area contributed by atoms with Gasteiger partial charge < -0.3 is 14.8 Å². The summed E-state index contributed by atoms with van der Waals surface area (Å²) in [6.45, 7) is 4.16. The lowest BCUT2D eigenvalue weighted by Gasteiger charge is -2.25. The van der Waals surface area contributed by atoms with E-state index >= 15 is 0 Å². The fourth-order valence-electron chi connectivity index (χ4n) is 2.73. The SMILES string of the molecule is CC1(CCN[C@@H](c2ccccc2)c2ccccn2)OCCO1. The summed E-state index contributed by atoms with van der Waals surface area (Å²) in [4.78, 5) is 4.50. The minimum atomic E-state index is -0.460. The van der Waals surface area contributed by atoms with Gasteiger partial charge in [-0.05, 0) is 24.6 Å². The lowest BCUT2D eigenvalue weighted by Crippen LogP contribution is -2.33. The fourth-order valence-corrected chi connectivity index (χ4v) is 2.73. The van der Waals surface area contributed by atoms with Crippen molar-refractivity contribution in [3.8, 4) is 0 Å². The Hall–Kier alpha value is -1.75. The van der Waals surface area contributed by atoms with Crippen molar-refractivity contribution in [1.82, 2.24) is 10.3 Å². The summed E-state index contributed by atoms with van der Waals surface area (Å²) >= 11 is 0. The summed E-state index contributed by atoms with van der Waals surface area (Å²) < 4.78 is 11.3. The van der Waals surface area contributed by atoms with Crippen LogP contribution in [0.3, 0.4) is 0 Å². The Bertz CT molecular complexity index is 529. The van der Waals surface area contributed by atoms with E-state index in [1.165, 1.54) is 5.56 Å². The Morgan fingerprint density at radius 1 is 1.09 bits per heavy atom. The fraction of sp³-hybridized carbons (Fsp3) is 0.389. The average Bonchev–Trinajstić information content (AvgIpc) is 3.00. The summed E-state index contributed by atoms with van der Waals surface area (Å²) in [5.74, 6) is -0.460. The zero-order valence-electron chi connectivity index (χ0n) is 12.9. The minimum absolute atomic E-state index is 0.0763. The Balaban J connectivity index is 1.69. The van der Waals surface area contributed by atoms with E-state index in [2.05, 4.69) is 40.6 Å². The van der Waals surface area contributed by atoms with Crippen molar-refractivity contribution in [1.29, 1.82) is 0 Å². The molecule has 1 saturated heterocycles. The predicted molar refractivity (Wildman–Crippen MR) is 85.5 cm³/mol. The largest absolute Gasteiger partial charge is 0.348 e. The van der Waals surface area contributed by atoms with Gasteiger partial charge in [0.05, 0.1) is 24.9 Å². The van der Waals surface area contributed by atoms with Crippen LogP contribution in [0.1, 0.15) is 30.6 Å². The number of nitrogens with one attached hydrogen (secondary N) is 1. The highest BCUT2D eigenvalue weighted by molar-refractivity contribution is 5.27. The summed E-state index contributed by atoms with van der Waals surface area (Å²) in [6.07, 6.45) is 2.64. The molecule has 4 heteroatoms. The monoisotopic (exact) mass is 298 g/mol. The van der Waals surface area contributed by atoms with Crippen LogP contribution in [0.25, 0.3) is 0 Å². The van der Waals surface area contributed by atoms with E-state index in [4.69, 9.17) is 9.47 Å². The summed E-state index contributed by atoms with van der Waals surface area (Å²) in [6, 6.07) is 16.5. The molecule has 0 amide bonds. The van der Waals surface area contributed by atoms with Crippen LogP contribution in [0.15, 0.2) is 54.7 Å². The molecule has 1 N–H and O–H groups in total. The molecule has 1 aliphatic heterocycles. The quantitative estimate of drug-likeness (QED) is 0.890. The lowest BCUT2D eigenvalue weighted by atomic mass is 10.0. The molecule has 0 radical (unpaired) electrons. The smallest absolute Gasteiger partial charge is 0.166 e. The van der Waals surface area contributed by atoms with Gasteiger partial charge in [0.2, 0.25) is 0 Å². The van der Waals surface area contributed by atoms with Crippen LogP contribution < -0.4 is 5.32 Å². The highest BCUT2D eigenvalue weighted by atomic mass is 16.7. The van der Waals surface area contributed by atoms with Crippen molar-refractivity contribution in [2.24, 2.45) is 0 Å². The second-order valence-electron chi connectivity index (χ2n) is 5.63. The Kier molecular flexibility index (Phi) is 4.83. The maximum absolute atomic E-state index is 5.66. The standard InChI is InChI=1S/C18H22N2O2/c1-18(21-13-14-22-18)10-12-20-17(15-7-3-2-4-8-15)16-9-5-6-11-19-16/h2-9,11,17,20H,10,12-14H2,1H3/t17-/m0/s1. The molecule has 0 saturated carbocycles. The molecule has 22 heavy (non-hydrogen) atoms. The number of ether oxygens (including phenoxy) is 2. The van der Waals surface area contributed by atoms with Gasteiger partial charge in [0, 0.05) is 19.2 Å². The van der Waals surface area contributed by atoms with Crippen LogP contribution in [0.2, 0.25) is 0 Å². The number of hydrogen-bond acceptors (Lipinski definition) is 4. The third-order valence-corrected chi connectivity index (χ3v) is 3.94. The Morgan fingerprint density at radius 3 is 2.50 bits per heavy atom. The summed E-state index contributed by atoms with van der Waals surface area (Å²) in [5.41, 5.74) is 2.23. The first-order valence-electron chi connectivity index (χ1n) is 7.74. The van der Waals surface area contributed by atoms with Crippen LogP contribution in [0, 0.1) is 0 Å². The van der Waals surface area contributed by atoms with Crippen molar-refractivity contribution in [3.63, 3.8) is 0 Å². The van der Waals surface area contributed by atoms with E-state index in [9.17, 15) is 0 Å². The molecule has 4 nitrogen and oxygen atoms in total. The second kappa shape index (κ2) is 7.01. The molecule has 1 atom stereocenters. The van der Waals surface area contributed by atoms with E-state index in [1.807, 2.05) is 31.3 Å². The average molecular weight is 298 g/mol. The zero-order valence-corrected chi connectivity index (χ0v) is 12.9. The molecule has 1 aliphatic rings. The second-order valence-corrected chi connectivity index (χ2v) is 5.63. The highest BCUT2D eigenvalue weighted by Crippen LogP contribution is 2.24. The van der Waals surface area contributed by atoms with Crippen LogP contribution in [0.4, 0.5) is 0 Å². The van der Waals surface area contributed by atoms with Crippen molar-refractivity contribution in [2.75, 3.05) is 19.8 Å². The van der Waals surface area contributed by atoms with Gasteiger partial charge in [-0.15, -0.1) is 0 Å². The van der Waals surface area contributed by atoms with Gasteiger partial charge in [-0.25, -0.2) is 0 Å². The van der Waals surface area contributed by atoms with Crippen molar-refractivity contribution < 1.29 is 9.47 Å². The van der Waals surface area contributed by atoms with Gasteiger partial charge in [0.1, 0.15) is 0 Å². The molecule has 1 fully saturated rings. The summed E-state index contributed by atoms with van der Waals surface area (Å²) in [5, 5.41) is 3.58. The molecule has 116 valence electrons. The molecule has 3 rings (SSSR count). The first-order valence-corrected chi connectivity index (χ1v) is 7.74. The molecule has 1 aromatic heterocycles. The third kappa shape index (κ3) is 3.71. The first-order chi connectivity index (χ1) is 10.8. The van der Waals surface area contributed by atoms with E-state index in [0.717, 1.165) is 18.7 Å². The van der Waals surface area contributed by atoms with Gasteiger partial charge in [0.25, 0.3) is 0 Å². The van der Waals surface area contributed by atoms with Crippen molar-refractivity contribution in [3.05, 3.63) is 66.0 Å². The maximum Gasteiger partial charge on any atom is 0.166 e. The molecule has 0 aliphatic carbocycles. The van der Waals surface area contributed by atoms with Crippen molar-refractivity contribution >= 4 is 0 Å². The lowest BCUT2D eigenvalue weighted by molar-refractivity contribution is -0.145. The molecular formula is C18H22N2O2. The van der Waals surface area contributed by atoms with Gasteiger partial charge in [-0.2, -0.15) is 0 Å². The molecule has 0 unspecified atom stereocenters. The normalized spacial score (nSPS) is 18.2. The molecule has 0 spiro atoms. The zero-order chi connectivity index (χ0) is 15.3. The number of aromatic nitrogens is 1. The number of pyridine rings is 1. The molecule has 0 bridgehead atoms. The van der Waals surface area contributed by atoms with Gasteiger partial charge in [-0.1, -0.05) is 36.4 Å². The van der Waals surface area contributed by atoms with Gasteiger partial charge in [0.15, 0.2) is 5.79 Å². The summed E-state index contributed by atoms with van der Waals surface area (Å²) in [7, 11) is 0. The topological polar surface area (TPSA) is 43.4 Å².